The first-order valence-electron chi connectivity index (χ1n) is 6.57. The Morgan fingerprint density at radius 2 is 1.79 bits per heavy atom. The van der Waals surface area contributed by atoms with E-state index in [4.69, 9.17) is 11.6 Å². The van der Waals surface area contributed by atoms with Crippen LogP contribution in [0.3, 0.4) is 0 Å². The van der Waals surface area contributed by atoms with Gasteiger partial charge in [0, 0.05) is 17.8 Å². The van der Waals surface area contributed by atoms with Gasteiger partial charge in [0.15, 0.2) is 0 Å². The second kappa shape index (κ2) is 6.88. The van der Waals surface area contributed by atoms with Crippen molar-refractivity contribution in [1.82, 2.24) is 0 Å². The lowest BCUT2D eigenvalue weighted by Gasteiger charge is -2.11. The van der Waals surface area contributed by atoms with Gasteiger partial charge in [-0.1, -0.05) is 23.7 Å². The van der Waals surface area contributed by atoms with Crippen LogP contribution in [0.5, 0.6) is 0 Å². The summed E-state index contributed by atoms with van der Waals surface area (Å²) in [6.45, 7) is 0. The molecule has 1 amide bonds. The average Bonchev–Trinajstić information content (AvgIpc) is 2.48. The Morgan fingerprint density at radius 3 is 2.33 bits per heavy atom. The third kappa shape index (κ3) is 4.45. The van der Waals surface area contributed by atoms with E-state index >= 15 is 0 Å². The number of amides is 1. The van der Waals surface area contributed by atoms with Crippen LogP contribution in [0.25, 0.3) is 0 Å². The molecule has 0 aliphatic carbocycles. The van der Waals surface area contributed by atoms with Gasteiger partial charge in [-0.2, -0.15) is 13.2 Å². The molecule has 2 rings (SSSR count). The van der Waals surface area contributed by atoms with Crippen LogP contribution >= 0.6 is 11.6 Å². The summed E-state index contributed by atoms with van der Waals surface area (Å²) in [4.78, 5) is 21.9. The number of nitrogens with one attached hydrogen (secondary N) is 1. The molecule has 0 bridgehead atoms. The normalized spacial score (nSPS) is 11.2. The summed E-state index contributed by atoms with van der Waals surface area (Å²) in [6, 6.07) is 8.34. The zero-order valence-corrected chi connectivity index (χ0v) is 12.7. The lowest BCUT2D eigenvalue weighted by molar-refractivity contribution is -0.384. The van der Waals surface area contributed by atoms with E-state index in [9.17, 15) is 28.1 Å². The fourth-order valence-electron chi connectivity index (χ4n) is 1.95. The quantitative estimate of drug-likeness (QED) is 0.648. The molecule has 1 N–H and O–H groups in total. The number of nitro groups is 1. The van der Waals surface area contributed by atoms with Crippen molar-refractivity contribution in [2.75, 3.05) is 5.32 Å². The van der Waals surface area contributed by atoms with Gasteiger partial charge in [0.05, 0.1) is 21.9 Å². The Hall–Kier alpha value is -2.61. The maximum absolute atomic E-state index is 12.8. The molecule has 126 valence electrons. The average molecular weight is 359 g/mol. The van der Waals surface area contributed by atoms with Gasteiger partial charge in [0.2, 0.25) is 5.91 Å². The number of halogens is 4. The summed E-state index contributed by atoms with van der Waals surface area (Å²) in [6.07, 6.45) is -4.77. The zero-order valence-electron chi connectivity index (χ0n) is 11.9. The van der Waals surface area contributed by atoms with Crippen molar-refractivity contribution >= 4 is 28.9 Å². The Labute approximate surface area is 139 Å². The largest absolute Gasteiger partial charge is 0.417 e. The molecule has 24 heavy (non-hydrogen) atoms. The summed E-state index contributed by atoms with van der Waals surface area (Å²) < 4.78 is 38.3. The van der Waals surface area contributed by atoms with Crippen LogP contribution in [0.4, 0.5) is 24.5 Å². The van der Waals surface area contributed by atoms with E-state index < -0.39 is 27.6 Å². The van der Waals surface area contributed by atoms with Crippen LogP contribution in [0.15, 0.2) is 42.5 Å². The van der Waals surface area contributed by atoms with Crippen molar-refractivity contribution < 1.29 is 22.9 Å². The molecule has 0 aliphatic heterocycles. The van der Waals surface area contributed by atoms with Crippen LogP contribution in [0.2, 0.25) is 5.02 Å². The second-order valence-corrected chi connectivity index (χ2v) is 5.25. The fraction of sp³-hybridized carbons (Fsp3) is 0.133. The highest BCUT2D eigenvalue weighted by Gasteiger charge is 2.33. The molecule has 0 fully saturated rings. The SMILES string of the molecule is O=C(Cc1ccc([N+](=O)[O-])cc1)Nc1ccc(Cl)c(C(F)(F)F)c1. The van der Waals surface area contributed by atoms with Crippen LogP contribution in [-0.4, -0.2) is 10.8 Å². The number of carbonyl (C=O) groups is 1. The first-order valence-corrected chi connectivity index (χ1v) is 6.94. The molecule has 0 aromatic heterocycles. The van der Waals surface area contributed by atoms with E-state index in [1.807, 2.05) is 0 Å². The highest BCUT2D eigenvalue weighted by molar-refractivity contribution is 6.31. The van der Waals surface area contributed by atoms with Crippen LogP contribution < -0.4 is 5.32 Å². The van der Waals surface area contributed by atoms with Gasteiger partial charge in [-0.25, -0.2) is 0 Å². The van der Waals surface area contributed by atoms with E-state index in [-0.39, 0.29) is 17.8 Å². The molecule has 0 atom stereocenters. The lowest BCUT2D eigenvalue weighted by Crippen LogP contribution is -2.15. The second-order valence-electron chi connectivity index (χ2n) is 4.84. The molecular weight excluding hydrogens is 349 g/mol. The van der Waals surface area contributed by atoms with Gasteiger partial charge < -0.3 is 5.32 Å². The molecule has 0 radical (unpaired) electrons. The molecule has 9 heteroatoms. The number of benzene rings is 2. The molecule has 0 saturated carbocycles. The highest BCUT2D eigenvalue weighted by atomic mass is 35.5. The number of carbonyl (C=O) groups excluding carboxylic acids is 1. The maximum Gasteiger partial charge on any atom is 0.417 e. The maximum atomic E-state index is 12.8. The topological polar surface area (TPSA) is 72.2 Å². The predicted octanol–water partition coefficient (Wildman–Crippen LogP) is 4.45. The van der Waals surface area contributed by atoms with Crippen molar-refractivity contribution in [3.63, 3.8) is 0 Å². The Bertz CT molecular complexity index is 777. The van der Waals surface area contributed by atoms with Crippen LogP contribution in [-0.2, 0) is 17.4 Å². The standard InChI is InChI=1S/C15H10ClF3N2O3/c16-13-6-3-10(8-12(13)15(17,18)19)20-14(22)7-9-1-4-11(5-2-9)21(23)24/h1-6,8H,7H2,(H,20,22). The minimum absolute atomic E-state index is 0.0429. The number of hydrogen-bond donors (Lipinski definition) is 1. The molecule has 2 aromatic carbocycles. The fourth-order valence-corrected chi connectivity index (χ4v) is 2.17. The van der Waals surface area contributed by atoms with Crippen molar-refractivity contribution in [2.45, 2.75) is 12.6 Å². The third-order valence-corrected chi connectivity index (χ3v) is 3.40. The van der Waals surface area contributed by atoms with E-state index in [0.29, 0.717) is 5.56 Å². The Morgan fingerprint density at radius 1 is 1.17 bits per heavy atom. The molecule has 0 heterocycles. The van der Waals surface area contributed by atoms with Gasteiger partial charge in [-0.05, 0) is 23.8 Å². The zero-order chi connectivity index (χ0) is 17.9. The van der Waals surface area contributed by atoms with E-state index in [0.717, 1.165) is 12.1 Å². The molecule has 2 aromatic rings. The minimum atomic E-state index is -4.63. The molecule has 0 spiro atoms. The van der Waals surface area contributed by atoms with Gasteiger partial charge in [-0.15, -0.1) is 0 Å². The number of non-ortho nitro benzene ring substituents is 1. The monoisotopic (exact) mass is 358 g/mol. The first kappa shape index (κ1) is 17.7. The van der Waals surface area contributed by atoms with E-state index in [1.165, 1.54) is 30.3 Å². The first-order chi connectivity index (χ1) is 11.2. The number of anilines is 1. The van der Waals surface area contributed by atoms with Crippen LogP contribution in [0.1, 0.15) is 11.1 Å². The van der Waals surface area contributed by atoms with Crippen LogP contribution in [0, 0.1) is 10.1 Å². The molecule has 0 aliphatic rings. The highest BCUT2D eigenvalue weighted by Crippen LogP contribution is 2.36. The lowest BCUT2D eigenvalue weighted by atomic mass is 10.1. The summed E-state index contributed by atoms with van der Waals surface area (Å²) in [5.74, 6) is -0.556. The van der Waals surface area contributed by atoms with Crippen molar-refractivity contribution in [3.05, 3.63) is 68.7 Å². The minimum Gasteiger partial charge on any atom is -0.326 e. The predicted molar refractivity (Wildman–Crippen MR) is 81.9 cm³/mol. The smallest absolute Gasteiger partial charge is 0.326 e. The van der Waals surface area contributed by atoms with Gasteiger partial charge in [-0.3, -0.25) is 14.9 Å². The summed E-state index contributed by atoms with van der Waals surface area (Å²) in [7, 11) is 0. The number of alkyl halides is 3. The number of hydrogen-bond acceptors (Lipinski definition) is 3. The summed E-state index contributed by atoms with van der Waals surface area (Å²) >= 11 is 5.50. The summed E-state index contributed by atoms with van der Waals surface area (Å²) in [5, 5.41) is 12.4. The van der Waals surface area contributed by atoms with Gasteiger partial charge >= 0.3 is 6.18 Å². The van der Waals surface area contributed by atoms with E-state index in [2.05, 4.69) is 5.32 Å². The van der Waals surface area contributed by atoms with Gasteiger partial charge in [0.1, 0.15) is 0 Å². The Kier molecular flexibility index (Phi) is 5.08. The number of nitrogens with zero attached hydrogens (tertiary/aromatic N) is 1. The third-order valence-electron chi connectivity index (χ3n) is 3.07. The molecule has 0 saturated heterocycles. The summed E-state index contributed by atoms with van der Waals surface area (Å²) in [5.41, 5.74) is -0.717. The van der Waals surface area contributed by atoms with Crippen molar-refractivity contribution in [2.24, 2.45) is 0 Å². The molecular formula is C15H10ClF3N2O3. The van der Waals surface area contributed by atoms with E-state index in [1.54, 1.807) is 0 Å². The number of nitro benzene ring substituents is 1. The number of rotatable bonds is 4. The molecule has 5 nitrogen and oxygen atoms in total. The molecule has 0 unspecified atom stereocenters. The van der Waals surface area contributed by atoms with Gasteiger partial charge in [0.25, 0.3) is 5.69 Å². The Balaban J connectivity index is 2.08. The van der Waals surface area contributed by atoms with Crippen molar-refractivity contribution in [1.29, 1.82) is 0 Å². The van der Waals surface area contributed by atoms with Crippen molar-refractivity contribution in [3.8, 4) is 0 Å².